The minimum atomic E-state index is -4.61. The first-order valence-corrected chi connectivity index (χ1v) is 11.3. The van der Waals surface area contributed by atoms with Gasteiger partial charge in [0.15, 0.2) is 16.6 Å². The maximum absolute atomic E-state index is 13.2. The Kier molecular flexibility index (Phi) is 7.67. The highest BCUT2D eigenvalue weighted by Gasteiger charge is 2.36. The number of hydrogen-bond donors (Lipinski definition) is 1. The summed E-state index contributed by atoms with van der Waals surface area (Å²) in [5.74, 6) is -0.794. The van der Waals surface area contributed by atoms with Gasteiger partial charge in [0.25, 0.3) is 11.8 Å². The molecular formula is C23H20BrF3N2O4S. The number of amides is 2. The maximum Gasteiger partial charge on any atom is 0.416 e. The number of alkyl halides is 3. The number of anilines is 1. The van der Waals surface area contributed by atoms with E-state index in [0.717, 1.165) is 29.5 Å². The molecule has 0 aliphatic carbocycles. The smallest absolute Gasteiger partial charge is 0.416 e. The lowest BCUT2D eigenvalue weighted by atomic mass is 10.1. The highest BCUT2D eigenvalue weighted by molar-refractivity contribution is 9.10. The molecule has 0 spiro atoms. The number of carbonyl (C=O) groups excluding carboxylic acids is 2. The van der Waals surface area contributed by atoms with Crippen molar-refractivity contribution < 1.29 is 32.2 Å². The molecule has 3 rings (SSSR count). The number of nitrogens with one attached hydrogen (secondary N) is 1. The van der Waals surface area contributed by atoms with Crippen LogP contribution in [0.3, 0.4) is 0 Å². The molecule has 6 nitrogen and oxygen atoms in total. The molecule has 0 bridgehead atoms. The number of carbonyl (C=O) groups is 2. The number of benzene rings is 2. The molecule has 1 saturated heterocycles. The van der Waals surface area contributed by atoms with Crippen molar-refractivity contribution in [2.45, 2.75) is 32.5 Å². The van der Waals surface area contributed by atoms with Crippen molar-refractivity contribution in [3.8, 4) is 11.5 Å². The van der Waals surface area contributed by atoms with Gasteiger partial charge in [-0.2, -0.15) is 13.2 Å². The molecule has 1 heterocycles. The summed E-state index contributed by atoms with van der Waals surface area (Å²) in [6.07, 6.45) is -2.62. The molecule has 0 unspecified atom stereocenters. The Balaban J connectivity index is 2.02. The largest absolute Gasteiger partial charge is 0.493 e. The fourth-order valence-electron chi connectivity index (χ4n) is 3.10. The summed E-state index contributed by atoms with van der Waals surface area (Å²) in [6.45, 7) is 3.87. The van der Waals surface area contributed by atoms with Gasteiger partial charge >= 0.3 is 6.18 Å². The predicted molar refractivity (Wildman–Crippen MR) is 129 cm³/mol. The molecule has 2 aromatic carbocycles. The second-order valence-electron chi connectivity index (χ2n) is 7.38. The highest BCUT2D eigenvalue weighted by Crippen LogP contribution is 2.38. The van der Waals surface area contributed by atoms with Crippen LogP contribution in [0.5, 0.6) is 11.5 Å². The van der Waals surface area contributed by atoms with E-state index < -0.39 is 23.6 Å². The van der Waals surface area contributed by atoms with Crippen LogP contribution in [0.4, 0.5) is 18.9 Å². The van der Waals surface area contributed by atoms with Gasteiger partial charge in [-0.15, -0.1) is 0 Å². The van der Waals surface area contributed by atoms with Crippen LogP contribution in [-0.4, -0.2) is 30.1 Å². The Labute approximate surface area is 207 Å². The highest BCUT2D eigenvalue weighted by atomic mass is 79.9. The molecule has 1 atom stereocenters. The van der Waals surface area contributed by atoms with Crippen molar-refractivity contribution in [3.63, 3.8) is 0 Å². The van der Waals surface area contributed by atoms with E-state index in [-0.39, 0.29) is 22.5 Å². The lowest BCUT2D eigenvalue weighted by Gasteiger charge is -2.29. The van der Waals surface area contributed by atoms with E-state index >= 15 is 0 Å². The van der Waals surface area contributed by atoms with Gasteiger partial charge in [0, 0.05) is 0 Å². The molecule has 0 aromatic heterocycles. The maximum atomic E-state index is 13.2. The lowest BCUT2D eigenvalue weighted by Crippen LogP contribution is -2.54. The Morgan fingerprint density at radius 3 is 2.56 bits per heavy atom. The first-order valence-electron chi connectivity index (χ1n) is 10.1. The average molecular weight is 557 g/mol. The van der Waals surface area contributed by atoms with Crippen molar-refractivity contribution in [1.82, 2.24) is 5.32 Å². The third kappa shape index (κ3) is 5.41. The van der Waals surface area contributed by atoms with Crippen LogP contribution in [0.25, 0.3) is 6.08 Å². The number of hydrogen-bond acceptors (Lipinski definition) is 5. The number of thiocarbonyl (C=S) groups is 1. The van der Waals surface area contributed by atoms with Crippen LogP contribution in [0.15, 0.2) is 46.4 Å². The fourth-order valence-corrected chi connectivity index (χ4v) is 3.94. The number of ether oxygens (including phenoxy) is 2. The zero-order chi connectivity index (χ0) is 25.2. The Morgan fingerprint density at radius 1 is 1.24 bits per heavy atom. The Bertz CT molecular complexity index is 1180. The van der Waals surface area contributed by atoms with Gasteiger partial charge in [-0.1, -0.05) is 13.0 Å². The van der Waals surface area contributed by atoms with Crippen molar-refractivity contribution in [1.29, 1.82) is 0 Å². The summed E-state index contributed by atoms with van der Waals surface area (Å²) in [5.41, 5.74) is -0.952. The number of nitrogens with zero attached hydrogens (tertiary/aromatic N) is 1. The zero-order valence-corrected chi connectivity index (χ0v) is 20.7. The molecule has 180 valence electrons. The zero-order valence-electron chi connectivity index (χ0n) is 18.3. The molecule has 1 N–H and O–H groups in total. The van der Waals surface area contributed by atoms with E-state index in [0.29, 0.717) is 21.5 Å². The summed E-state index contributed by atoms with van der Waals surface area (Å²) < 4.78 is 51.3. The first kappa shape index (κ1) is 25.7. The van der Waals surface area contributed by atoms with E-state index in [1.54, 1.807) is 12.1 Å². The molecule has 0 radical (unpaired) electrons. The normalized spacial score (nSPS) is 16.5. The lowest BCUT2D eigenvalue weighted by molar-refractivity contribution is -0.137. The summed E-state index contributed by atoms with van der Waals surface area (Å²) in [4.78, 5) is 26.6. The SMILES string of the molecule is CC[C@@H](C)Oc1c(Br)cc(/C=C2\C(=O)NC(=S)N(c3cccc(C(F)(F)F)c3)C2=O)cc1OC. The molecule has 2 amide bonds. The van der Waals surface area contributed by atoms with Gasteiger partial charge in [-0.05, 0) is 83.5 Å². The summed E-state index contributed by atoms with van der Waals surface area (Å²) in [5, 5.41) is 2.04. The second-order valence-corrected chi connectivity index (χ2v) is 8.62. The van der Waals surface area contributed by atoms with E-state index in [9.17, 15) is 22.8 Å². The van der Waals surface area contributed by atoms with E-state index in [2.05, 4.69) is 21.2 Å². The summed E-state index contributed by atoms with van der Waals surface area (Å²) >= 11 is 8.49. The van der Waals surface area contributed by atoms with E-state index in [4.69, 9.17) is 21.7 Å². The first-order chi connectivity index (χ1) is 16.0. The monoisotopic (exact) mass is 556 g/mol. The molecule has 0 saturated carbocycles. The van der Waals surface area contributed by atoms with Crippen molar-refractivity contribution in [2.75, 3.05) is 12.0 Å². The summed E-state index contributed by atoms with van der Waals surface area (Å²) in [6, 6.07) is 7.34. The molecular weight excluding hydrogens is 537 g/mol. The Morgan fingerprint density at radius 2 is 1.94 bits per heavy atom. The third-order valence-corrected chi connectivity index (χ3v) is 5.86. The molecule has 1 aliphatic heterocycles. The van der Waals surface area contributed by atoms with E-state index in [1.807, 2.05) is 13.8 Å². The van der Waals surface area contributed by atoms with Gasteiger partial charge < -0.3 is 9.47 Å². The van der Waals surface area contributed by atoms with Gasteiger partial charge in [0.1, 0.15) is 5.57 Å². The molecule has 2 aromatic rings. The molecule has 1 fully saturated rings. The van der Waals surface area contributed by atoms with Crippen LogP contribution in [0.1, 0.15) is 31.4 Å². The van der Waals surface area contributed by atoms with Crippen molar-refractivity contribution in [2.24, 2.45) is 0 Å². The second kappa shape index (κ2) is 10.1. The number of methoxy groups -OCH3 is 1. The van der Waals surface area contributed by atoms with Gasteiger partial charge in [-0.3, -0.25) is 19.8 Å². The molecule has 11 heteroatoms. The summed E-state index contributed by atoms with van der Waals surface area (Å²) in [7, 11) is 1.45. The van der Waals surface area contributed by atoms with Crippen LogP contribution < -0.4 is 19.7 Å². The van der Waals surface area contributed by atoms with Crippen LogP contribution in [0.2, 0.25) is 0 Å². The minimum Gasteiger partial charge on any atom is -0.493 e. The number of halogens is 4. The topological polar surface area (TPSA) is 67.9 Å². The molecule has 1 aliphatic rings. The quantitative estimate of drug-likeness (QED) is 0.289. The van der Waals surface area contributed by atoms with Gasteiger partial charge in [0.2, 0.25) is 0 Å². The number of rotatable bonds is 6. The predicted octanol–water partition coefficient (Wildman–Crippen LogP) is 5.49. The van der Waals surface area contributed by atoms with Crippen LogP contribution >= 0.6 is 28.1 Å². The van der Waals surface area contributed by atoms with Crippen molar-refractivity contribution in [3.05, 3.63) is 57.6 Å². The molecule has 34 heavy (non-hydrogen) atoms. The van der Waals surface area contributed by atoms with Crippen molar-refractivity contribution >= 4 is 56.8 Å². The van der Waals surface area contributed by atoms with Gasteiger partial charge in [-0.25, -0.2) is 0 Å². The third-order valence-electron chi connectivity index (χ3n) is 4.99. The standard InChI is InChI=1S/C23H20BrF3N2O4S/c1-4-12(2)33-19-17(24)9-13(10-18(19)32-3)8-16-20(30)28-22(34)29(21(16)31)15-7-5-6-14(11-15)23(25,26)27/h5-12H,4H2,1-3H3,(H,28,30,34)/b16-8+/t12-/m1/s1. The van der Waals surface area contributed by atoms with Gasteiger partial charge in [0.05, 0.1) is 28.9 Å². The van der Waals surface area contributed by atoms with E-state index in [1.165, 1.54) is 19.3 Å². The van der Waals surface area contributed by atoms with Crippen LogP contribution in [0, 0.1) is 0 Å². The van der Waals surface area contributed by atoms with Crippen LogP contribution in [-0.2, 0) is 15.8 Å². The average Bonchev–Trinajstić information content (AvgIpc) is 2.77. The fraction of sp³-hybridized carbons (Fsp3) is 0.261. The Hall–Kier alpha value is -2.92. The minimum absolute atomic E-state index is 0.0814.